The summed E-state index contributed by atoms with van der Waals surface area (Å²) in [5.41, 5.74) is 0. The van der Waals surface area contributed by atoms with Gasteiger partial charge in [-0.15, -0.1) is 0 Å². The van der Waals surface area contributed by atoms with Crippen LogP contribution >= 0.6 is 0 Å². The van der Waals surface area contributed by atoms with Crippen molar-refractivity contribution in [2.75, 3.05) is 80.3 Å². The van der Waals surface area contributed by atoms with Gasteiger partial charge in [0.25, 0.3) is 0 Å². The molecule has 0 aromatic heterocycles. The first-order chi connectivity index (χ1) is 11.2. The van der Waals surface area contributed by atoms with Crippen molar-refractivity contribution in [3.05, 3.63) is 0 Å². The average molecular weight is 340 g/mol. The van der Waals surface area contributed by atoms with Gasteiger partial charge >= 0.3 is 0 Å². The highest BCUT2D eigenvalue weighted by atomic mass is 16.7. The van der Waals surface area contributed by atoms with Crippen molar-refractivity contribution >= 4 is 0 Å². The Labute approximate surface area is 141 Å². The molecular weight excluding hydrogens is 304 g/mol. The van der Waals surface area contributed by atoms with E-state index in [2.05, 4.69) is 0 Å². The number of rotatable bonds is 16. The molecule has 0 saturated carbocycles. The van der Waals surface area contributed by atoms with Crippen molar-refractivity contribution in [3.8, 4) is 0 Å². The molecule has 0 aliphatic carbocycles. The highest BCUT2D eigenvalue weighted by molar-refractivity contribution is 4.34. The van der Waals surface area contributed by atoms with E-state index in [0.717, 1.165) is 13.2 Å². The Morgan fingerprint density at radius 3 is 1.13 bits per heavy atom. The smallest absolute Gasteiger partial charge is 0.154 e. The molecule has 0 aromatic carbocycles. The van der Waals surface area contributed by atoms with Gasteiger partial charge in [-0.1, -0.05) is 0 Å². The first kappa shape index (κ1) is 25.0. The van der Waals surface area contributed by atoms with Crippen LogP contribution in [0.15, 0.2) is 0 Å². The predicted molar refractivity (Wildman–Crippen MR) is 88.9 cm³/mol. The van der Waals surface area contributed by atoms with Crippen molar-refractivity contribution in [2.24, 2.45) is 0 Å². The lowest BCUT2D eigenvalue weighted by molar-refractivity contribution is -0.123. The zero-order valence-electron chi connectivity index (χ0n) is 15.5. The van der Waals surface area contributed by atoms with Gasteiger partial charge in [0.2, 0.25) is 0 Å². The molecule has 0 amide bonds. The van der Waals surface area contributed by atoms with E-state index in [4.69, 9.17) is 33.2 Å². The molecule has 23 heavy (non-hydrogen) atoms. The predicted octanol–water partition coefficient (Wildman–Crippen LogP) is 1.73. The van der Waals surface area contributed by atoms with Crippen LogP contribution in [-0.2, 0) is 33.2 Å². The standard InChI is InChI=1S/C10H22O5.C6H14O2/c1-11-3-5-13-7-9-15-10-8-14-6-4-12-2;1-4-7-6(3)8-5-2/h3-10H2,1-2H3;6H,4-5H2,1-3H3. The van der Waals surface area contributed by atoms with Crippen LogP contribution in [0.1, 0.15) is 20.8 Å². The molecule has 0 spiro atoms. The second-order valence-electron chi connectivity index (χ2n) is 4.30. The molecule has 142 valence electrons. The third-order valence-electron chi connectivity index (χ3n) is 2.41. The van der Waals surface area contributed by atoms with Crippen LogP contribution in [0.3, 0.4) is 0 Å². The summed E-state index contributed by atoms with van der Waals surface area (Å²) in [6.45, 7) is 12.1. The Hall–Kier alpha value is -0.280. The minimum atomic E-state index is -0.0370. The van der Waals surface area contributed by atoms with Crippen molar-refractivity contribution < 1.29 is 33.2 Å². The van der Waals surface area contributed by atoms with Gasteiger partial charge < -0.3 is 33.2 Å². The van der Waals surface area contributed by atoms with Crippen LogP contribution < -0.4 is 0 Å². The van der Waals surface area contributed by atoms with Crippen LogP contribution in [0, 0.1) is 0 Å². The highest BCUT2D eigenvalue weighted by Crippen LogP contribution is 1.90. The maximum Gasteiger partial charge on any atom is 0.154 e. The van der Waals surface area contributed by atoms with Gasteiger partial charge in [-0.3, -0.25) is 0 Å². The van der Waals surface area contributed by atoms with Crippen LogP contribution in [-0.4, -0.2) is 86.6 Å². The van der Waals surface area contributed by atoms with E-state index < -0.39 is 0 Å². The Morgan fingerprint density at radius 2 is 0.870 bits per heavy atom. The van der Waals surface area contributed by atoms with Crippen LogP contribution in [0.25, 0.3) is 0 Å². The summed E-state index contributed by atoms with van der Waals surface area (Å²) >= 11 is 0. The molecule has 0 aliphatic heterocycles. The summed E-state index contributed by atoms with van der Waals surface area (Å²) in [5, 5.41) is 0. The van der Waals surface area contributed by atoms with Crippen molar-refractivity contribution in [3.63, 3.8) is 0 Å². The first-order valence-corrected chi connectivity index (χ1v) is 8.17. The van der Waals surface area contributed by atoms with Gasteiger partial charge in [0, 0.05) is 27.4 Å². The minimum absolute atomic E-state index is 0.0370. The Balaban J connectivity index is 0. The van der Waals surface area contributed by atoms with E-state index in [9.17, 15) is 0 Å². The maximum absolute atomic E-state index is 5.26. The molecule has 0 radical (unpaired) electrons. The lowest BCUT2D eigenvalue weighted by atomic mass is 10.7. The number of ether oxygens (including phenoxy) is 7. The van der Waals surface area contributed by atoms with Gasteiger partial charge in [0.15, 0.2) is 6.29 Å². The fourth-order valence-corrected chi connectivity index (χ4v) is 1.34. The quantitative estimate of drug-likeness (QED) is 0.313. The monoisotopic (exact) mass is 340 g/mol. The molecule has 0 saturated heterocycles. The molecular formula is C16H36O7. The van der Waals surface area contributed by atoms with E-state index in [1.165, 1.54) is 0 Å². The van der Waals surface area contributed by atoms with E-state index in [-0.39, 0.29) is 6.29 Å². The second kappa shape index (κ2) is 24.0. The molecule has 0 unspecified atom stereocenters. The van der Waals surface area contributed by atoms with Gasteiger partial charge in [-0.25, -0.2) is 0 Å². The van der Waals surface area contributed by atoms with E-state index in [1.807, 2.05) is 20.8 Å². The summed E-state index contributed by atoms with van der Waals surface area (Å²) in [4.78, 5) is 0. The summed E-state index contributed by atoms with van der Waals surface area (Å²) < 4.78 is 35.5. The van der Waals surface area contributed by atoms with Gasteiger partial charge in [0.05, 0.1) is 52.9 Å². The molecule has 0 aromatic rings. The Morgan fingerprint density at radius 1 is 0.565 bits per heavy atom. The van der Waals surface area contributed by atoms with Gasteiger partial charge in [-0.2, -0.15) is 0 Å². The second-order valence-corrected chi connectivity index (χ2v) is 4.30. The third-order valence-corrected chi connectivity index (χ3v) is 2.41. The molecule has 0 fully saturated rings. The van der Waals surface area contributed by atoms with Crippen LogP contribution in [0.2, 0.25) is 0 Å². The number of methoxy groups -OCH3 is 2. The maximum atomic E-state index is 5.26. The summed E-state index contributed by atoms with van der Waals surface area (Å²) in [5.74, 6) is 0. The summed E-state index contributed by atoms with van der Waals surface area (Å²) in [7, 11) is 3.30. The van der Waals surface area contributed by atoms with Crippen molar-refractivity contribution in [1.29, 1.82) is 0 Å². The molecule has 0 rings (SSSR count). The summed E-state index contributed by atoms with van der Waals surface area (Å²) in [6.07, 6.45) is -0.0370. The largest absolute Gasteiger partial charge is 0.382 e. The van der Waals surface area contributed by atoms with Crippen LogP contribution in [0.4, 0.5) is 0 Å². The minimum Gasteiger partial charge on any atom is -0.382 e. The first-order valence-electron chi connectivity index (χ1n) is 8.17. The topological polar surface area (TPSA) is 64.6 Å². The Bertz CT molecular complexity index is 175. The molecule has 0 bridgehead atoms. The summed E-state index contributed by atoms with van der Waals surface area (Å²) in [6, 6.07) is 0. The van der Waals surface area contributed by atoms with Gasteiger partial charge in [-0.05, 0) is 20.8 Å². The lowest BCUT2D eigenvalue weighted by Gasteiger charge is -2.09. The SMILES string of the molecule is CCOC(C)OCC.COCCOCCOCCOCCOC. The van der Waals surface area contributed by atoms with E-state index in [0.29, 0.717) is 52.9 Å². The average Bonchev–Trinajstić information content (AvgIpc) is 2.54. The molecule has 0 N–H and O–H groups in total. The van der Waals surface area contributed by atoms with Crippen LogP contribution in [0.5, 0.6) is 0 Å². The third kappa shape index (κ3) is 26.9. The zero-order valence-corrected chi connectivity index (χ0v) is 15.5. The zero-order chi connectivity index (χ0) is 17.6. The van der Waals surface area contributed by atoms with Gasteiger partial charge in [0.1, 0.15) is 0 Å². The number of hydrogen-bond acceptors (Lipinski definition) is 7. The molecule has 0 atom stereocenters. The van der Waals surface area contributed by atoms with E-state index >= 15 is 0 Å². The van der Waals surface area contributed by atoms with E-state index in [1.54, 1.807) is 14.2 Å². The fraction of sp³-hybridized carbons (Fsp3) is 1.00. The molecule has 0 heterocycles. The highest BCUT2D eigenvalue weighted by Gasteiger charge is 1.94. The lowest BCUT2D eigenvalue weighted by Crippen LogP contribution is -2.12. The molecule has 7 nitrogen and oxygen atoms in total. The Kier molecular flexibility index (Phi) is 26.0. The number of hydrogen-bond donors (Lipinski definition) is 0. The van der Waals surface area contributed by atoms with Crippen molar-refractivity contribution in [2.45, 2.75) is 27.1 Å². The fourth-order valence-electron chi connectivity index (χ4n) is 1.34. The normalized spacial score (nSPS) is 10.7. The van der Waals surface area contributed by atoms with Crippen molar-refractivity contribution in [1.82, 2.24) is 0 Å². The molecule has 0 aliphatic rings. The molecule has 7 heteroatoms.